The Kier molecular flexibility index (Phi) is 7.65. The van der Waals surface area contributed by atoms with E-state index in [1.54, 1.807) is 59.7 Å². The van der Waals surface area contributed by atoms with Crippen molar-refractivity contribution in [3.63, 3.8) is 0 Å². The highest BCUT2D eigenvalue weighted by Gasteiger charge is 2.24. The normalized spacial score (nSPS) is 12.7. The lowest BCUT2D eigenvalue weighted by Gasteiger charge is -2.24. The number of carbonyl (C=O) groups excluding carboxylic acids is 1. The molecule has 0 bridgehead atoms. The first kappa shape index (κ1) is 26.8. The summed E-state index contributed by atoms with van der Waals surface area (Å²) in [5, 5.41) is 20.7. The van der Waals surface area contributed by atoms with Crippen LogP contribution in [0.5, 0.6) is 11.5 Å². The highest BCUT2D eigenvalue weighted by molar-refractivity contribution is 7.85. The minimum atomic E-state index is -4.68. The van der Waals surface area contributed by atoms with Crippen LogP contribution in [0.1, 0.15) is 69.7 Å². The van der Waals surface area contributed by atoms with Gasteiger partial charge in [0.25, 0.3) is 0 Å². The highest BCUT2D eigenvalue weighted by atomic mass is 32.2. The van der Waals surface area contributed by atoms with Gasteiger partial charge in [-0.3, -0.25) is 0 Å². The lowest BCUT2D eigenvalue weighted by Crippen LogP contribution is -2.22. The molecule has 182 valence electrons. The van der Waals surface area contributed by atoms with Crippen LogP contribution < -0.4 is 9.47 Å². The van der Waals surface area contributed by atoms with E-state index < -0.39 is 33.9 Å². The van der Waals surface area contributed by atoms with E-state index in [1.165, 1.54) is 19.1 Å². The van der Waals surface area contributed by atoms with E-state index >= 15 is 0 Å². The fourth-order valence-corrected chi connectivity index (χ4v) is 4.04. The molecule has 0 fully saturated rings. The Balaban J connectivity index is 2.27. The minimum Gasteiger partial charge on any atom is -0.744 e. The van der Waals surface area contributed by atoms with Crippen molar-refractivity contribution in [1.82, 2.24) is 0 Å². The van der Waals surface area contributed by atoms with E-state index in [4.69, 9.17) is 9.47 Å². The molecular formula is C24H31O8S-. The first-order valence-corrected chi connectivity index (χ1v) is 11.8. The number of aryl methyl sites for hydroxylation is 1. The minimum absolute atomic E-state index is 0.127. The van der Waals surface area contributed by atoms with Crippen molar-refractivity contribution in [3.05, 3.63) is 52.6 Å². The fraction of sp³-hybridized carbons (Fsp3) is 0.458. The standard InChI is InChI=1S/C24H32O8S/c1-14(2)19-12-20(15(3)8-21(19)33(28,29)30)32-22(25)13-31-18-10-16(23(4,5)26)9-17(11-18)24(6,7)27/h8-12,14,26-27H,13H2,1-7H3,(H,28,29,30)/p-1. The number of ether oxygens (including phenoxy) is 2. The molecule has 2 rings (SSSR count). The van der Waals surface area contributed by atoms with Crippen molar-refractivity contribution in [2.45, 2.75) is 70.5 Å². The van der Waals surface area contributed by atoms with Gasteiger partial charge in [-0.05, 0) is 93.1 Å². The molecule has 0 aromatic heterocycles. The van der Waals surface area contributed by atoms with Gasteiger partial charge in [0, 0.05) is 0 Å². The Labute approximate surface area is 194 Å². The monoisotopic (exact) mass is 479 g/mol. The van der Waals surface area contributed by atoms with Crippen molar-refractivity contribution in [1.29, 1.82) is 0 Å². The average Bonchev–Trinajstić information content (AvgIpc) is 2.65. The predicted octanol–water partition coefficient (Wildman–Crippen LogP) is 3.46. The summed E-state index contributed by atoms with van der Waals surface area (Å²) in [6.45, 7) is 10.9. The molecule has 9 heteroatoms. The molecule has 2 N–H and O–H groups in total. The van der Waals surface area contributed by atoms with Crippen molar-refractivity contribution in [2.75, 3.05) is 6.61 Å². The van der Waals surface area contributed by atoms with Crippen LogP contribution in [0.4, 0.5) is 0 Å². The molecule has 0 atom stereocenters. The number of benzene rings is 2. The Morgan fingerprint density at radius 1 is 1.00 bits per heavy atom. The molecule has 0 heterocycles. The number of aliphatic hydroxyl groups is 2. The molecule has 0 saturated carbocycles. The maximum Gasteiger partial charge on any atom is 0.349 e. The lowest BCUT2D eigenvalue weighted by atomic mass is 9.90. The molecule has 0 aliphatic rings. The van der Waals surface area contributed by atoms with Crippen molar-refractivity contribution in [2.24, 2.45) is 0 Å². The van der Waals surface area contributed by atoms with E-state index in [1.807, 2.05) is 0 Å². The SMILES string of the molecule is Cc1cc(S(=O)(=O)[O-])c(C(C)C)cc1OC(=O)COc1cc(C(C)(C)O)cc(C(C)(C)O)c1. The predicted molar refractivity (Wildman–Crippen MR) is 121 cm³/mol. The second-order valence-corrected chi connectivity index (χ2v) is 10.7. The Morgan fingerprint density at radius 2 is 1.52 bits per heavy atom. The van der Waals surface area contributed by atoms with Crippen molar-refractivity contribution in [3.8, 4) is 11.5 Å². The molecular weight excluding hydrogens is 448 g/mol. The number of rotatable bonds is 8. The van der Waals surface area contributed by atoms with E-state index in [0.717, 1.165) is 0 Å². The van der Waals surface area contributed by atoms with Crippen molar-refractivity contribution < 1.29 is 37.5 Å². The molecule has 0 unspecified atom stereocenters. The van der Waals surface area contributed by atoms with Crippen LogP contribution in [-0.4, -0.2) is 35.8 Å². The maximum absolute atomic E-state index is 12.4. The number of carbonyl (C=O) groups is 1. The first-order valence-electron chi connectivity index (χ1n) is 10.4. The zero-order valence-electron chi connectivity index (χ0n) is 19.9. The lowest BCUT2D eigenvalue weighted by molar-refractivity contribution is -0.136. The number of esters is 1. The van der Waals surface area contributed by atoms with Gasteiger partial charge in [0.2, 0.25) is 0 Å². The second kappa shape index (κ2) is 9.42. The Morgan fingerprint density at radius 3 is 1.94 bits per heavy atom. The summed E-state index contributed by atoms with van der Waals surface area (Å²) in [6.07, 6.45) is 0. The van der Waals surface area contributed by atoms with Gasteiger partial charge >= 0.3 is 5.97 Å². The number of hydrogen-bond acceptors (Lipinski definition) is 8. The zero-order chi connectivity index (χ0) is 25.4. The van der Waals surface area contributed by atoms with E-state index in [0.29, 0.717) is 16.7 Å². The molecule has 2 aromatic carbocycles. The van der Waals surface area contributed by atoms with Gasteiger partial charge in [-0.1, -0.05) is 13.8 Å². The maximum atomic E-state index is 12.4. The average molecular weight is 480 g/mol. The second-order valence-electron chi connectivity index (χ2n) is 9.39. The van der Waals surface area contributed by atoms with Crippen LogP contribution >= 0.6 is 0 Å². The van der Waals surface area contributed by atoms with Gasteiger partial charge in [0.05, 0.1) is 16.1 Å². The summed E-state index contributed by atoms with van der Waals surface area (Å²) in [5.74, 6) is -0.648. The van der Waals surface area contributed by atoms with E-state index in [9.17, 15) is 28.0 Å². The quantitative estimate of drug-likeness (QED) is 0.334. The molecule has 0 spiro atoms. The van der Waals surface area contributed by atoms with Crippen molar-refractivity contribution >= 4 is 16.1 Å². The van der Waals surface area contributed by atoms with E-state index in [2.05, 4.69) is 0 Å². The van der Waals surface area contributed by atoms with E-state index in [-0.39, 0.29) is 27.9 Å². The van der Waals surface area contributed by atoms with Crippen LogP contribution in [0.25, 0.3) is 0 Å². The first-order chi connectivity index (χ1) is 14.9. The molecule has 0 radical (unpaired) electrons. The van der Waals surface area contributed by atoms with Gasteiger partial charge in [0.1, 0.15) is 21.6 Å². The van der Waals surface area contributed by atoms with Crippen LogP contribution in [0.2, 0.25) is 0 Å². The Bertz CT molecular complexity index is 1100. The molecule has 0 saturated heterocycles. The van der Waals surface area contributed by atoms with Gasteiger partial charge in [0.15, 0.2) is 6.61 Å². The summed E-state index contributed by atoms with van der Waals surface area (Å²) in [5.41, 5.74) is -0.834. The van der Waals surface area contributed by atoms with Gasteiger partial charge in [-0.25, -0.2) is 13.2 Å². The molecule has 0 aliphatic carbocycles. The number of hydrogen-bond donors (Lipinski definition) is 2. The summed E-state index contributed by atoms with van der Waals surface area (Å²) >= 11 is 0. The summed E-state index contributed by atoms with van der Waals surface area (Å²) in [7, 11) is -4.68. The van der Waals surface area contributed by atoms with Gasteiger partial charge in [-0.15, -0.1) is 0 Å². The molecule has 8 nitrogen and oxygen atoms in total. The summed E-state index contributed by atoms with van der Waals surface area (Å²) < 4.78 is 45.7. The molecule has 2 aromatic rings. The largest absolute Gasteiger partial charge is 0.744 e. The third kappa shape index (κ3) is 7.01. The molecule has 0 aliphatic heterocycles. The van der Waals surface area contributed by atoms with Crippen LogP contribution in [0.15, 0.2) is 35.2 Å². The topological polar surface area (TPSA) is 133 Å². The molecule has 33 heavy (non-hydrogen) atoms. The third-order valence-electron chi connectivity index (χ3n) is 5.10. The Hall–Kier alpha value is -2.46. The zero-order valence-corrected chi connectivity index (χ0v) is 20.7. The van der Waals surface area contributed by atoms with Gasteiger partial charge in [-0.2, -0.15) is 0 Å². The molecule has 0 amide bonds. The van der Waals surface area contributed by atoms with Crippen LogP contribution in [0, 0.1) is 6.92 Å². The highest BCUT2D eigenvalue weighted by Crippen LogP contribution is 2.32. The summed E-state index contributed by atoms with van der Waals surface area (Å²) in [6, 6.07) is 7.37. The smallest absolute Gasteiger partial charge is 0.349 e. The van der Waals surface area contributed by atoms with Crippen LogP contribution in [0.3, 0.4) is 0 Å². The van der Waals surface area contributed by atoms with Crippen LogP contribution in [-0.2, 0) is 26.1 Å². The fourth-order valence-electron chi connectivity index (χ4n) is 3.14. The summed E-state index contributed by atoms with van der Waals surface area (Å²) in [4.78, 5) is 12.1. The third-order valence-corrected chi connectivity index (χ3v) is 5.99. The van der Waals surface area contributed by atoms with Gasteiger partial charge < -0.3 is 24.2 Å².